The van der Waals surface area contributed by atoms with Crippen LogP contribution in [0.15, 0.2) is 48.8 Å². The van der Waals surface area contributed by atoms with Crippen molar-refractivity contribution in [3.8, 4) is 0 Å². The molecule has 1 aromatic carbocycles. The normalized spacial score (nSPS) is 15.9. The van der Waals surface area contributed by atoms with Crippen LogP contribution < -0.4 is 16.0 Å². The molecule has 1 aromatic heterocycles. The number of nitrogens with zero attached hydrogens (tertiary/aromatic N) is 1. The number of amides is 1. The predicted octanol–water partition coefficient (Wildman–Crippen LogP) is 2.77. The Hall–Kier alpha value is -2.24. The predicted molar refractivity (Wildman–Crippen MR) is 113 cm³/mol. The minimum absolute atomic E-state index is 0.0463. The molecule has 3 rings (SSSR count). The number of aryl methyl sites for hydroxylation is 1. The third-order valence-electron chi connectivity index (χ3n) is 5.46. The van der Waals surface area contributed by atoms with E-state index >= 15 is 0 Å². The van der Waals surface area contributed by atoms with E-state index in [1.807, 2.05) is 24.3 Å². The molecule has 0 radical (unpaired) electrons. The van der Waals surface area contributed by atoms with E-state index in [1.165, 1.54) is 24.0 Å². The number of rotatable bonds is 9. The van der Waals surface area contributed by atoms with Crippen molar-refractivity contribution in [2.45, 2.75) is 38.6 Å². The van der Waals surface area contributed by atoms with Gasteiger partial charge in [0.05, 0.1) is 0 Å². The fourth-order valence-corrected chi connectivity index (χ4v) is 3.80. The molecule has 1 aliphatic heterocycles. The fourth-order valence-electron chi connectivity index (χ4n) is 3.80. The van der Waals surface area contributed by atoms with Gasteiger partial charge in [-0.1, -0.05) is 29.8 Å². The lowest BCUT2D eigenvalue weighted by Crippen LogP contribution is -2.39. The maximum absolute atomic E-state index is 12.9. The van der Waals surface area contributed by atoms with Crippen molar-refractivity contribution in [2.75, 3.05) is 26.2 Å². The number of carbonyl (C=O) groups is 1. The first-order valence-corrected chi connectivity index (χ1v) is 10.4. The van der Waals surface area contributed by atoms with Crippen LogP contribution >= 0.6 is 0 Å². The average Bonchev–Trinajstić information content (AvgIpc) is 2.72. The maximum Gasteiger partial charge on any atom is 0.241 e. The first-order chi connectivity index (χ1) is 13.7. The van der Waals surface area contributed by atoms with E-state index in [2.05, 4.69) is 40.0 Å². The van der Waals surface area contributed by atoms with E-state index in [1.54, 1.807) is 12.4 Å². The lowest BCUT2D eigenvalue weighted by molar-refractivity contribution is -0.123. The highest BCUT2D eigenvalue weighted by Crippen LogP contribution is 2.18. The van der Waals surface area contributed by atoms with Gasteiger partial charge in [-0.05, 0) is 81.4 Å². The van der Waals surface area contributed by atoms with Gasteiger partial charge in [-0.2, -0.15) is 0 Å². The number of carbonyl (C=O) groups excluding carboxylic acids is 1. The third-order valence-corrected chi connectivity index (χ3v) is 5.46. The van der Waals surface area contributed by atoms with Crippen molar-refractivity contribution >= 4 is 5.91 Å². The molecule has 5 nitrogen and oxygen atoms in total. The summed E-state index contributed by atoms with van der Waals surface area (Å²) in [5.41, 5.74) is 3.39. The molecule has 0 aliphatic carbocycles. The van der Waals surface area contributed by atoms with Crippen LogP contribution in [0, 0.1) is 12.8 Å². The molecule has 0 saturated carbocycles. The first-order valence-electron chi connectivity index (χ1n) is 10.4. The highest BCUT2D eigenvalue weighted by molar-refractivity contribution is 5.83. The van der Waals surface area contributed by atoms with Crippen LogP contribution in [0.3, 0.4) is 0 Å². The second kappa shape index (κ2) is 10.9. The molecular weight excluding hydrogens is 348 g/mol. The molecule has 1 unspecified atom stereocenters. The van der Waals surface area contributed by atoms with Gasteiger partial charge < -0.3 is 16.0 Å². The molecule has 1 atom stereocenters. The minimum Gasteiger partial charge on any atom is -0.354 e. The third kappa shape index (κ3) is 6.43. The number of hydrogen-bond donors (Lipinski definition) is 3. The van der Waals surface area contributed by atoms with Gasteiger partial charge in [0.15, 0.2) is 0 Å². The summed E-state index contributed by atoms with van der Waals surface area (Å²) in [6.45, 7) is 5.78. The number of nitrogens with one attached hydrogen (secondary N) is 3. The smallest absolute Gasteiger partial charge is 0.241 e. The summed E-state index contributed by atoms with van der Waals surface area (Å²) in [5.74, 6) is 0.798. The molecule has 1 amide bonds. The van der Waals surface area contributed by atoms with Crippen molar-refractivity contribution in [3.05, 3.63) is 65.5 Å². The lowest BCUT2D eigenvalue weighted by atomic mass is 9.94. The van der Waals surface area contributed by atoms with Crippen LogP contribution in [0.2, 0.25) is 0 Å². The second-order valence-corrected chi connectivity index (χ2v) is 7.68. The highest BCUT2D eigenvalue weighted by Gasteiger charge is 2.21. The highest BCUT2D eigenvalue weighted by atomic mass is 16.2. The maximum atomic E-state index is 12.9. The lowest BCUT2D eigenvalue weighted by Gasteiger charge is -2.24. The van der Waals surface area contributed by atoms with Gasteiger partial charge in [0.2, 0.25) is 5.91 Å². The van der Waals surface area contributed by atoms with E-state index < -0.39 is 0 Å². The van der Waals surface area contributed by atoms with Crippen molar-refractivity contribution in [1.29, 1.82) is 0 Å². The quantitative estimate of drug-likeness (QED) is 0.626. The minimum atomic E-state index is -0.306. The standard InChI is InChI=1S/C23H32N4O/c1-18-3-2-4-21(17-18)22(26-15-9-19-5-11-24-12-6-19)23(28)27-16-10-20-7-13-25-14-8-20/h2-4,7-8,13-14,17,19,22,24,26H,5-6,9-12,15-16H2,1H3,(H,27,28). The Morgan fingerprint density at radius 2 is 1.96 bits per heavy atom. The SMILES string of the molecule is Cc1cccc(C(NCCC2CCNCC2)C(=O)NCCc2ccncc2)c1. The van der Waals surface area contributed by atoms with Crippen LogP contribution in [0.5, 0.6) is 0 Å². The topological polar surface area (TPSA) is 66.0 Å². The summed E-state index contributed by atoms with van der Waals surface area (Å²) in [5, 5.41) is 10.0. The van der Waals surface area contributed by atoms with Gasteiger partial charge in [0, 0.05) is 18.9 Å². The summed E-state index contributed by atoms with van der Waals surface area (Å²) in [6.07, 6.45) is 7.96. The number of pyridine rings is 1. The molecule has 150 valence electrons. The summed E-state index contributed by atoms with van der Waals surface area (Å²) in [6, 6.07) is 11.9. The molecule has 28 heavy (non-hydrogen) atoms. The van der Waals surface area contributed by atoms with E-state index in [9.17, 15) is 4.79 Å². The van der Waals surface area contributed by atoms with Gasteiger partial charge in [-0.15, -0.1) is 0 Å². The molecule has 5 heteroatoms. The molecule has 1 fully saturated rings. The fraction of sp³-hybridized carbons (Fsp3) is 0.478. The van der Waals surface area contributed by atoms with Gasteiger partial charge in [-0.3, -0.25) is 9.78 Å². The van der Waals surface area contributed by atoms with Crippen LogP contribution in [-0.2, 0) is 11.2 Å². The number of aromatic nitrogens is 1. The second-order valence-electron chi connectivity index (χ2n) is 7.68. The Bertz CT molecular complexity index is 728. The average molecular weight is 381 g/mol. The zero-order valence-electron chi connectivity index (χ0n) is 16.8. The Kier molecular flexibility index (Phi) is 8.00. The first kappa shape index (κ1) is 20.5. The summed E-state index contributed by atoms with van der Waals surface area (Å²) in [4.78, 5) is 17.0. The molecule has 3 N–H and O–H groups in total. The molecule has 0 bridgehead atoms. The van der Waals surface area contributed by atoms with E-state index in [-0.39, 0.29) is 11.9 Å². The molecular formula is C23H32N4O. The van der Waals surface area contributed by atoms with Crippen LogP contribution in [0.1, 0.15) is 42.0 Å². The molecule has 1 saturated heterocycles. The molecule has 0 spiro atoms. The Morgan fingerprint density at radius 3 is 2.71 bits per heavy atom. The van der Waals surface area contributed by atoms with Crippen LogP contribution in [-0.4, -0.2) is 37.1 Å². The Morgan fingerprint density at radius 1 is 1.18 bits per heavy atom. The van der Waals surface area contributed by atoms with Crippen LogP contribution in [0.25, 0.3) is 0 Å². The molecule has 2 heterocycles. The summed E-state index contributed by atoms with van der Waals surface area (Å²) >= 11 is 0. The molecule has 1 aliphatic rings. The van der Waals surface area contributed by atoms with E-state index in [0.717, 1.165) is 44.0 Å². The zero-order chi connectivity index (χ0) is 19.6. The Balaban J connectivity index is 1.55. The number of piperidine rings is 1. The number of hydrogen-bond acceptors (Lipinski definition) is 4. The Labute approximate surface area is 168 Å². The van der Waals surface area contributed by atoms with Gasteiger partial charge in [0.1, 0.15) is 6.04 Å². The van der Waals surface area contributed by atoms with E-state index in [0.29, 0.717) is 6.54 Å². The van der Waals surface area contributed by atoms with Crippen molar-refractivity contribution in [2.24, 2.45) is 5.92 Å². The van der Waals surface area contributed by atoms with Gasteiger partial charge >= 0.3 is 0 Å². The monoisotopic (exact) mass is 380 g/mol. The van der Waals surface area contributed by atoms with Crippen molar-refractivity contribution in [3.63, 3.8) is 0 Å². The zero-order valence-corrected chi connectivity index (χ0v) is 16.8. The summed E-state index contributed by atoms with van der Waals surface area (Å²) < 4.78 is 0. The van der Waals surface area contributed by atoms with Crippen LogP contribution in [0.4, 0.5) is 0 Å². The van der Waals surface area contributed by atoms with E-state index in [4.69, 9.17) is 0 Å². The van der Waals surface area contributed by atoms with Crippen molar-refractivity contribution in [1.82, 2.24) is 20.9 Å². The van der Waals surface area contributed by atoms with Crippen molar-refractivity contribution < 1.29 is 4.79 Å². The number of benzene rings is 1. The van der Waals surface area contributed by atoms with Gasteiger partial charge in [-0.25, -0.2) is 0 Å². The summed E-state index contributed by atoms with van der Waals surface area (Å²) in [7, 11) is 0. The van der Waals surface area contributed by atoms with Gasteiger partial charge in [0.25, 0.3) is 0 Å². The molecule has 2 aromatic rings. The largest absolute Gasteiger partial charge is 0.354 e.